The fourth-order valence-corrected chi connectivity index (χ4v) is 5.41. The van der Waals surface area contributed by atoms with Crippen LogP contribution in [-0.4, -0.2) is 46.3 Å². The van der Waals surface area contributed by atoms with Gasteiger partial charge < -0.3 is 15.0 Å². The van der Waals surface area contributed by atoms with Gasteiger partial charge in [-0.1, -0.05) is 12.1 Å². The van der Waals surface area contributed by atoms with Crippen LogP contribution in [0.5, 0.6) is 0 Å². The Labute approximate surface area is 278 Å². The number of fused-ring (bicyclic) bond motifs is 1. The van der Waals surface area contributed by atoms with Gasteiger partial charge in [0.15, 0.2) is 0 Å². The molecule has 0 saturated heterocycles. The third kappa shape index (κ3) is 8.15. The minimum absolute atomic E-state index is 0.0795. The SMILES string of the molecule is Cc1c(=O)n(C)c(Nc2ccc(I)cc2F)c2c(=O)n(C3CC3)c(=O)n(-c3cccc(CCNNS(=O)[O-])c3)c12.O=C(O)C(F)(F)F. The van der Waals surface area contributed by atoms with Crippen LogP contribution in [0.2, 0.25) is 0 Å². The van der Waals surface area contributed by atoms with Gasteiger partial charge in [0.1, 0.15) is 17.0 Å². The fourth-order valence-electron chi connectivity index (χ4n) is 4.74. The quantitative estimate of drug-likeness (QED) is 0.0652. The summed E-state index contributed by atoms with van der Waals surface area (Å²) in [7, 11) is 1.49. The molecular formula is C28H26F4IN6O7S-. The Bertz CT molecular complexity index is 2060. The van der Waals surface area contributed by atoms with E-state index in [1.807, 2.05) is 28.7 Å². The Kier molecular flexibility index (Phi) is 11.1. The van der Waals surface area contributed by atoms with Crippen LogP contribution in [0.1, 0.15) is 30.0 Å². The van der Waals surface area contributed by atoms with Gasteiger partial charge in [0.25, 0.3) is 11.1 Å². The van der Waals surface area contributed by atoms with E-state index in [4.69, 9.17) is 9.90 Å². The van der Waals surface area contributed by atoms with E-state index in [-0.39, 0.29) is 40.6 Å². The van der Waals surface area contributed by atoms with E-state index in [9.17, 15) is 40.7 Å². The van der Waals surface area contributed by atoms with Crippen LogP contribution in [0, 0.1) is 16.3 Å². The summed E-state index contributed by atoms with van der Waals surface area (Å²) in [6.45, 7) is 1.84. The molecule has 2 heterocycles. The Morgan fingerprint density at radius 1 is 1.13 bits per heavy atom. The largest absolute Gasteiger partial charge is 0.759 e. The molecule has 13 nitrogen and oxygen atoms in total. The number of pyridine rings is 1. The summed E-state index contributed by atoms with van der Waals surface area (Å²) in [5.41, 5.74) is 2.64. The summed E-state index contributed by atoms with van der Waals surface area (Å²) in [6.07, 6.45) is -3.33. The van der Waals surface area contributed by atoms with Gasteiger partial charge in [0.05, 0.1) is 16.9 Å². The first kappa shape index (κ1) is 35.9. The van der Waals surface area contributed by atoms with Crippen LogP contribution < -0.4 is 32.4 Å². The minimum Gasteiger partial charge on any atom is -0.759 e. The highest BCUT2D eigenvalue weighted by atomic mass is 127. The molecule has 5 rings (SSSR count). The Morgan fingerprint density at radius 3 is 2.36 bits per heavy atom. The van der Waals surface area contributed by atoms with E-state index in [2.05, 4.69) is 15.6 Å². The molecule has 0 amide bonds. The van der Waals surface area contributed by atoms with Crippen molar-refractivity contribution in [3.8, 4) is 5.69 Å². The lowest BCUT2D eigenvalue weighted by molar-refractivity contribution is -0.192. The molecule has 1 unspecified atom stereocenters. The summed E-state index contributed by atoms with van der Waals surface area (Å²) >= 11 is -0.469. The number of hydrogen-bond acceptors (Lipinski definition) is 8. The van der Waals surface area contributed by atoms with Crippen molar-refractivity contribution >= 4 is 62.2 Å². The average molecular weight is 794 g/mol. The Hall–Kier alpha value is -3.92. The standard InChI is InChI=1S/C26H26FIN6O5S.C2HF3O2/c1-14-22-21(23(32(2)24(14)35)30-20-9-6-16(28)13-19(20)27)25(36)34(17-7-8-17)26(37)33(22)18-5-3-4-15(12-18)10-11-29-31-40(38)39;3-2(4,5)1(6)7/h3-6,9,12-13,17,29-31H,7-8,10-11H2,1-2H3,(H,38,39);(H,6,7)/p-1. The van der Waals surface area contributed by atoms with E-state index in [1.165, 1.54) is 32.9 Å². The van der Waals surface area contributed by atoms with E-state index >= 15 is 0 Å². The van der Waals surface area contributed by atoms with E-state index in [0.29, 0.717) is 28.5 Å². The van der Waals surface area contributed by atoms with Gasteiger partial charge in [0.2, 0.25) is 0 Å². The molecule has 4 aromatic rings. The second-order valence-electron chi connectivity index (χ2n) is 10.3. The normalized spacial score (nSPS) is 13.6. The van der Waals surface area contributed by atoms with Crippen molar-refractivity contribution in [2.75, 3.05) is 11.9 Å². The third-order valence-corrected chi connectivity index (χ3v) is 8.03. The highest BCUT2D eigenvalue weighted by Crippen LogP contribution is 2.34. The molecule has 2 aromatic heterocycles. The van der Waals surface area contributed by atoms with Crippen molar-refractivity contribution in [1.29, 1.82) is 0 Å². The summed E-state index contributed by atoms with van der Waals surface area (Å²) < 4.78 is 72.5. The summed E-state index contributed by atoms with van der Waals surface area (Å²) in [4.78, 5) is 52.2. The number of aryl methyl sites for hydroxylation is 1. The van der Waals surface area contributed by atoms with Gasteiger partial charge in [0, 0.05) is 40.0 Å². The molecule has 47 heavy (non-hydrogen) atoms. The van der Waals surface area contributed by atoms with Gasteiger partial charge >= 0.3 is 17.8 Å². The Morgan fingerprint density at radius 2 is 1.79 bits per heavy atom. The van der Waals surface area contributed by atoms with Crippen molar-refractivity contribution in [1.82, 2.24) is 24.0 Å². The smallest absolute Gasteiger partial charge is 0.490 e. The monoisotopic (exact) mass is 793 g/mol. The van der Waals surface area contributed by atoms with Crippen LogP contribution in [-0.2, 0) is 29.5 Å². The molecule has 0 aliphatic heterocycles. The molecule has 1 aliphatic carbocycles. The number of aromatic nitrogens is 3. The number of nitrogens with one attached hydrogen (secondary N) is 3. The average Bonchev–Trinajstić information content (AvgIpc) is 3.83. The maximum atomic E-state index is 14.9. The molecular weight excluding hydrogens is 767 g/mol. The van der Waals surface area contributed by atoms with Gasteiger partial charge in [-0.25, -0.2) is 19.4 Å². The molecule has 252 valence electrons. The molecule has 19 heteroatoms. The van der Waals surface area contributed by atoms with E-state index < -0.39 is 46.0 Å². The first-order valence-corrected chi connectivity index (χ1v) is 15.8. The topological polar surface area (TPSA) is 180 Å². The van der Waals surface area contributed by atoms with Crippen molar-refractivity contribution < 1.29 is 36.2 Å². The van der Waals surface area contributed by atoms with Crippen molar-refractivity contribution in [3.05, 3.63) is 94.2 Å². The summed E-state index contributed by atoms with van der Waals surface area (Å²) in [6, 6.07) is 11.3. The number of rotatable bonds is 9. The summed E-state index contributed by atoms with van der Waals surface area (Å²) in [5, 5.41) is 10.2. The number of aliphatic carboxylic acids is 1. The van der Waals surface area contributed by atoms with Crippen LogP contribution in [0.3, 0.4) is 0 Å². The van der Waals surface area contributed by atoms with Gasteiger partial charge in [-0.05, 0) is 84.7 Å². The number of nitrogens with zero attached hydrogens (tertiary/aromatic N) is 3. The van der Waals surface area contributed by atoms with Crippen LogP contribution in [0.15, 0.2) is 56.8 Å². The van der Waals surface area contributed by atoms with Gasteiger partial charge in [-0.3, -0.25) is 27.5 Å². The number of carboxylic acids is 1. The minimum atomic E-state index is -5.08. The first-order chi connectivity index (χ1) is 22.0. The molecule has 1 atom stereocenters. The van der Waals surface area contributed by atoms with Crippen LogP contribution in [0.25, 0.3) is 16.6 Å². The number of hydrogen-bond donors (Lipinski definition) is 4. The van der Waals surface area contributed by atoms with E-state index in [0.717, 1.165) is 5.56 Å². The van der Waals surface area contributed by atoms with Crippen molar-refractivity contribution in [3.63, 3.8) is 0 Å². The highest BCUT2D eigenvalue weighted by molar-refractivity contribution is 14.1. The molecule has 1 aliphatic rings. The number of halogens is 5. The Balaban J connectivity index is 0.000000644. The molecule has 0 spiro atoms. The van der Waals surface area contributed by atoms with Gasteiger partial charge in [-0.15, -0.1) is 0 Å². The summed E-state index contributed by atoms with van der Waals surface area (Å²) in [5.74, 6) is -3.23. The lowest BCUT2D eigenvalue weighted by atomic mass is 10.1. The number of carboxylic acid groups (broad SMARTS) is 1. The van der Waals surface area contributed by atoms with Crippen molar-refractivity contribution in [2.45, 2.75) is 38.4 Å². The molecule has 1 saturated carbocycles. The highest BCUT2D eigenvalue weighted by Gasteiger charge is 2.38. The van der Waals surface area contributed by atoms with Crippen LogP contribution >= 0.6 is 22.6 Å². The predicted octanol–water partition coefficient (Wildman–Crippen LogP) is 3.05. The number of alkyl halides is 3. The second kappa shape index (κ2) is 14.5. The van der Waals surface area contributed by atoms with Gasteiger partial charge in [-0.2, -0.15) is 18.0 Å². The predicted molar refractivity (Wildman–Crippen MR) is 172 cm³/mol. The number of carbonyl (C=O) groups is 1. The fraction of sp³-hybridized carbons (Fsp3) is 0.286. The molecule has 0 bridgehead atoms. The lowest BCUT2D eigenvalue weighted by Gasteiger charge is -2.21. The number of anilines is 2. The maximum absolute atomic E-state index is 14.9. The zero-order valence-corrected chi connectivity index (χ0v) is 27.5. The molecule has 0 radical (unpaired) electrons. The maximum Gasteiger partial charge on any atom is 0.490 e. The molecule has 2 aromatic carbocycles. The third-order valence-electron chi connectivity index (χ3n) is 7.04. The first-order valence-electron chi connectivity index (χ1n) is 13.6. The lowest BCUT2D eigenvalue weighted by Crippen LogP contribution is -2.41. The molecule has 4 N–H and O–H groups in total. The van der Waals surface area contributed by atoms with Crippen LogP contribution in [0.4, 0.5) is 29.1 Å². The second-order valence-corrected chi connectivity index (χ2v) is 12.2. The van der Waals surface area contributed by atoms with E-state index in [1.54, 1.807) is 31.2 Å². The number of hydrazine groups is 1. The zero-order chi connectivity index (χ0) is 34.8. The van der Waals surface area contributed by atoms with Crippen molar-refractivity contribution in [2.24, 2.45) is 7.05 Å². The zero-order valence-electron chi connectivity index (χ0n) is 24.5. The molecule has 1 fully saturated rings. The number of benzene rings is 2.